The van der Waals surface area contributed by atoms with E-state index in [1.165, 1.54) is 64.2 Å². The van der Waals surface area contributed by atoms with E-state index in [2.05, 4.69) is 5.32 Å². The Hall–Kier alpha value is -4.50. The molecular formula is C36H23BF20N-. The standard InChI is InChI=1S/C24BF20.C12H23N/c26-5-1(6(27)14(35)21(42)13(5)34)25(2-7(28)15(36)22(43)16(37)8(2)29,3-9(30)17(38)23(44)18(39)10(3)31)4-11(32)19(40)24(45)20(41)12(4)33;1-3-7-11(8-4-1)13-12-9-5-2-6-10-12/h;11-13H,1-10H2/q-1;. The first kappa shape index (κ1) is 44.6. The van der Waals surface area contributed by atoms with Crippen molar-refractivity contribution in [3.05, 3.63) is 116 Å². The van der Waals surface area contributed by atoms with Crippen LogP contribution in [0.25, 0.3) is 0 Å². The zero-order chi connectivity index (χ0) is 43.3. The summed E-state index contributed by atoms with van der Waals surface area (Å²) in [5.41, 5.74) is -14.3. The molecule has 0 amide bonds. The van der Waals surface area contributed by atoms with E-state index in [0.717, 1.165) is 12.1 Å². The molecule has 0 aromatic heterocycles. The van der Waals surface area contributed by atoms with Crippen LogP contribution in [-0.4, -0.2) is 18.2 Å². The number of halogens is 20. The Morgan fingerprint density at radius 3 is 0.569 bits per heavy atom. The van der Waals surface area contributed by atoms with E-state index in [9.17, 15) is 52.7 Å². The minimum Gasteiger partial charge on any atom is -0.311 e. The maximum Gasteiger partial charge on any atom is 0.200 e. The van der Waals surface area contributed by atoms with Crippen molar-refractivity contribution in [1.82, 2.24) is 5.32 Å². The van der Waals surface area contributed by atoms with E-state index < -0.39 is 144 Å². The van der Waals surface area contributed by atoms with Crippen molar-refractivity contribution in [2.75, 3.05) is 0 Å². The molecule has 1 N–H and O–H groups in total. The van der Waals surface area contributed by atoms with Crippen molar-refractivity contribution in [2.24, 2.45) is 0 Å². The number of hydrogen-bond donors (Lipinski definition) is 1. The topological polar surface area (TPSA) is 12.0 Å². The molecule has 0 spiro atoms. The Balaban J connectivity index is 0.000000414. The van der Waals surface area contributed by atoms with Gasteiger partial charge >= 0.3 is 0 Å². The molecule has 22 heteroatoms. The van der Waals surface area contributed by atoms with Crippen molar-refractivity contribution in [1.29, 1.82) is 0 Å². The highest BCUT2D eigenvalue weighted by Crippen LogP contribution is 2.31. The fourth-order valence-electron chi connectivity index (χ4n) is 7.75. The summed E-state index contributed by atoms with van der Waals surface area (Å²) in [6, 6.07) is 1.74. The predicted octanol–water partition coefficient (Wildman–Crippen LogP) is 9.09. The zero-order valence-corrected chi connectivity index (χ0v) is 28.9. The van der Waals surface area contributed by atoms with Gasteiger partial charge in [0.05, 0.1) is 0 Å². The summed E-state index contributed by atoms with van der Waals surface area (Å²) in [5, 5.41) is 3.86. The van der Waals surface area contributed by atoms with Crippen LogP contribution in [0, 0.1) is 116 Å². The average molecular weight is 860 g/mol. The minimum atomic E-state index is -7.22. The molecule has 1 nitrogen and oxygen atoms in total. The van der Waals surface area contributed by atoms with Gasteiger partial charge in [-0.25, -0.2) is 87.8 Å². The molecule has 4 aromatic carbocycles. The summed E-state index contributed by atoms with van der Waals surface area (Å²) >= 11 is 0. The molecule has 6 rings (SSSR count). The van der Waals surface area contributed by atoms with E-state index in [4.69, 9.17) is 0 Å². The van der Waals surface area contributed by atoms with Crippen molar-refractivity contribution >= 4 is 28.0 Å². The van der Waals surface area contributed by atoms with Crippen LogP contribution in [0.2, 0.25) is 0 Å². The lowest BCUT2D eigenvalue weighted by Crippen LogP contribution is -2.81. The van der Waals surface area contributed by atoms with Gasteiger partial charge < -0.3 is 5.32 Å². The fraction of sp³-hybridized carbons (Fsp3) is 0.333. The molecule has 4 aromatic rings. The summed E-state index contributed by atoms with van der Waals surface area (Å²) in [4.78, 5) is 0. The van der Waals surface area contributed by atoms with Gasteiger partial charge in [-0.05, 0) is 25.7 Å². The fourth-order valence-corrected chi connectivity index (χ4v) is 7.75. The first-order valence-electron chi connectivity index (χ1n) is 17.1. The third kappa shape index (κ3) is 7.15. The quantitative estimate of drug-likeness (QED) is 0.0884. The first-order valence-corrected chi connectivity index (χ1v) is 17.1. The molecule has 2 aliphatic rings. The SMILES string of the molecule is C1CCC(NC2CCCCC2)CC1.Fc1c(F)c(F)c([B-](c2c(F)c(F)c(F)c(F)c2F)(c2c(F)c(F)c(F)c(F)c2F)c2c(F)c(F)c(F)c(F)c2F)c(F)c1F. The molecule has 0 radical (unpaired) electrons. The van der Waals surface area contributed by atoms with Crippen LogP contribution < -0.4 is 27.2 Å². The maximum atomic E-state index is 15.4. The molecule has 58 heavy (non-hydrogen) atoms. The smallest absolute Gasteiger partial charge is 0.200 e. The lowest BCUT2D eigenvalue weighted by molar-refractivity contribution is 0.291. The van der Waals surface area contributed by atoms with Crippen LogP contribution >= 0.6 is 0 Å². The zero-order valence-electron chi connectivity index (χ0n) is 28.9. The van der Waals surface area contributed by atoms with Gasteiger partial charge in [0.15, 0.2) is 69.8 Å². The lowest BCUT2D eigenvalue weighted by atomic mass is 9.12. The van der Waals surface area contributed by atoms with Gasteiger partial charge in [0, 0.05) is 12.1 Å². The molecule has 2 fully saturated rings. The lowest BCUT2D eigenvalue weighted by Gasteiger charge is -2.44. The van der Waals surface area contributed by atoms with Crippen LogP contribution in [0.3, 0.4) is 0 Å². The minimum absolute atomic E-state index is 0.872. The van der Waals surface area contributed by atoms with Gasteiger partial charge in [0.1, 0.15) is 52.7 Å². The second kappa shape index (κ2) is 17.0. The predicted molar refractivity (Wildman–Crippen MR) is 166 cm³/mol. The van der Waals surface area contributed by atoms with E-state index in [1.54, 1.807) is 0 Å². The van der Waals surface area contributed by atoms with E-state index >= 15 is 35.1 Å². The van der Waals surface area contributed by atoms with Gasteiger partial charge in [-0.15, -0.1) is 21.9 Å². The normalized spacial score (nSPS) is 15.5. The Bertz CT molecular complexity index is 1850. The average Bonchev–Trinajstić information content (AvgIpc) is 3.21. The van der Waals surface area contributed by atoms with Gasteiger partial charge in [-0.2, -0.15) is 0 Å². The molecule has 2 saturated carbocycles. The van der Waals surface area contributed by atoms with Crippen LogP contribution in [-0.2, 0) is 0 Å². The molecule has 0 unspecified atom stereocenters. The van der Waals surface area contributed by atoms with Crippen molar-refractivity contribution in [3.63, 3.8) is 0 Å². The molecule has 0 heterocycles. The van der Waals surface area contributed by atoms with Gasteiger partial charge in [0.2, 0.25) is 0 Å². The number of rotatable bonds is 6. The number of hydrogen-bond acceptors (Lipinski definition) is 1. The number of nitrogens with one attached hydrogen (secondary N) is 1. The van der Waals surface area contributed by atoms with E-state index in [0.29, 0.717) is 0 Å². The summed E-state index contributed by atoms with van der Waals surface area (Å²) < 4.78 is 294. The molecule has 2 aliphatic carbocycles. The maximum absolute atomic E-state index is 15.4. The van der Waals surface area contributed by atoms with Gasteiger partial charge in [0.25, 0.3) is 0 Å². The highest BCUT2D eigenvalue weighted by Gasteiger charge is 2.52. The highest BCUT2D eigenvalue weighted by atomic mass is 19.2. The number of benzene rings is 4. The first-order chi connectivity index (χ1) is 27.2. The van der Waals surface area contributed by atoms with E-state index in [1.807, 2.05) is 0 Å². The molecule has 316 valence electrons. The van der Waals surface area contributed by atoms with Crippen LogP contribution in [0.15, 0.2) is 0 Å². The Morgan fingerprint density at radius 1 is 0.241 bits per heavy atom. The van der Waals surface area contributed by atoms with Gasteiger partial charge in [-0.3, -0.25) is 0 Å². The van der Waals surface area contributed by atoms with E-state index in [-0.39, 0.29) is 0 Å². The summed E-state index contributed by atoms with van der Waals surface area (Å²) in [6.45, 7) is 0. The monoisotopic (exact) mass is 860 g/mol. The summed E-state index contributed by atoms with van der Waals surface area (Å²) in [6.07, 6.45) is 7.35. The Kier molecular flexibility index (Phi) is 13.1. The van der Waals surface area contributed by atoms with Crippen molar-refractivity contribution in [3.8, 4) is 0 Å². The molecule has 0 aliphatic heterocycles. The van der Waals surface area contributed by atoms with Crippen molar-refractivity contribution < 1.29 is 87.8 Å². The summed E-state index contributed by atoms with van der Waals surface area (Å²) in [5.74, 6) is -71.4. The molecule has 0 atom stereocenters. The van der Waals surface area contributed by atoms with Crippen molar-refractivity contribution in [2.45, 2.75) is 76.3 Å². The summed E-state index contributed by atoms with van der Waals surface area (Å²) in [7, 11) is 0. The molecule has 0 saturated heterocycles. The molecule has 0 bridgehead atoms. The third-order valence-electron chi connectivity index (χ3n) is 10.4. The second-order valence-electron chi connectivity index (χ2n) is 13.6. The Morgan fingerprint density at radius 2 is 0.397 bits per heavy atom. The van der Waals surface area contributed by atoms with Crippen LogP contribution in [0.4, 0.5) is 87.8 Å². The van der Waals surface area contributed by atoms with Gasteiger partial charge in [-0.1, -0.05) is 38.5 Å². The molecular weight excluding hydrogens is 837 g/mol. The third-order valence-corrected chi connectivity index (χ3v) is 10.4. The van der Waals surface area contributed by atoms with Crippen LogP contribution in [0.5, 0.6) is 0 Å². The largest absolute Gasteiger partial charge is 0.311 e. The highest BCUT2D eigenvalue weighted by molar-refractivity contribution is 7.20. The second-order valence-corrected chi connectivity index (χ2v) is 13.6. The van der Waals surface area contributed by atoms with Crippen LogP contribution in [0.1, 0.15) is 64.2 Å². The Labute approximate surface area is 313 Å².